The average molecular weight is 237 g/mol. The number of nitrogens with zero attached hydrogens (tertiary/aromatic N) is 1. The largest absolute Gasteiger partial charge is 0.447 e. The Kier molecular flexibility index (Phi) is 4.46. The van der Waals surface area contributed by atoms with Crippen LogP contribution in [0.5, 0.6) is 0 Å². The molecule has 2 rings (SSSR count). The summed E-state index contributed by atoms with van der Waals surface area (Å²) in [7, 11) is 0. The first-order valence-corrected chi connectivity index (χ1v) is 6.96. The summed E-state index contributed by atoms with van der Waals surface area (Å²) in [6, 6.07) is 0.508. The first-order valence-electron chi connectivity index (χ1n) is 6.96. The van der Waals surface area contributed by atoms with Gasteiger partial charge in [-0.3, -0.25) is 4.90 Å². The molecule has 96 valence electrons. The molecule has 0 radical (unpaired) electrons. The van der Waals surface area contributed by atoms with Crippen molar-refractivity contribution in [3.8, 4) is 0 Å². The highest BCUT2D eigenvalue weighted by atomic mass is 16.6. The van der Waals surface area contributed by atoms with Crippen LogP contribution in [-0.4, -0.2) is 29.7 Å². The van der Waals surface area contributed by atoms with Crippen LogP contribution in [0.1, 0.15) is 51.9 Å². The van der Waals surface area contributed by atoms with Crippen molar-refractivity contribution in [2.45, 2.75) is 64.0 Å². The van der Waals surface area contributed by atoms with Gasteiger partial charge in [0, 0.05) is 0 Å². The van der Waals surface area contributed by atoms with Gasteiger partial charge in [0.1, 0.15) is 6.61 Å². The van der Waals surface area contributed by atoms with Crippen molar-refractivity contribution in [1.82, 2.24) is 4.90 Å². The maximum absolute atomic E-state index is 11.5. The predicted molar refractivity (Wildman–Crippen MR) is 67.9 cm³/mol. The molecular formula is C14H23NO2. The number of fused-ring (bicyclic) bond motifs is 1. The summed E-state index contributed by atoms with van der Waals surface area (Å²) in [4.78, 5) is 13.4. The van der Waals surface area contributed by atoms with E-state index in [4.69, 9.17) is 4.74 Å². The lowest BCUT2D eigenvalue weighted by Crippen LogP contribution is -2.35. The summed E-state index contributed by atoms with van der Waals surface area (Å²) >= 11 is 0. The lowest BCUT2D eigenvalue weighted by atomic mass is 10.1. The molecule has 0 aromatic rings. The molecule has 1 fully saturated rings. The van der Waals surface area contributed by atoms with Crippen LogP contribution < -0.4 is 0 Å². The summed E-state index contributed by atoms with van der Waals surface area (Å²) in [6.45, 7) is 2.78. The fourth-order valence-corrected chi connectivity index (χ4v) is 2.69. The molecule has 1 saturated heterocycles. The SMILES string of the molecule is CCCCCCCC[C@H]1C=C[C@@H]2COC(=O)N12. The van der Waals surface area contributed by atoms with Gasteiger partial charge in [-0.2, -0.15) is 0 Å². The number of carbonyl (C=O) groups is 1. The van der Waals surface area contributed by atoms with E-state index in [2.05, 4.69) is 19.1 Å². The number of hydrogen-bond acceptors (Lipinski definition) is 2. The van der Waals surface area contributed by atoms with Crippen LogP contribution in [0.15, 0.2) is 12.2 Å². The molecule has 0 aromatic heterocycles. The first-order chi connectivity index (χ1) is 8.33. The van der Waals surface area contributed by atoms with Gasteiger partial charge in [-0.25, -0.2) is 4.79 Å². The van der Waals surface area contributed by atoms with Crippen LogP contribution in [0.25, 0.3) is 0 Å². The first kappa shape index (κ1) is 12.5. The molecule has 17 heavy (non-hydrogen) atoms. The lowest BCUT2D eigenvalue weighted by molar-refractivity contribution is 0.151. The van der Waals surface area contributed by atoms with E-state index in [9.17, 15) is 4.79 Å². The zero-order chi connectivity index (χ0) is 12.1. The summed E-state index contributed by atoms with van der Waals surface area (Å²) in [5.74, 6) is 0. The van der Waals surface area contributed by atoms with Gasteiger partial charge in [0.05, 0.1) is 12.1 Å². The number of hydrogen-bond donors (Lipinski definition) is 0. The minimum atomic E-state index is -0.129. The molecule has 0 spiro atoms. The fourth-order valence-electron chi connectivity index (χ4n) is 2.69. The second-order valence-corrected chi connectivity index (χ2v) is 5.06. The zero-order valence-electron chi connectivity index (χ0n) is 10.7. The van der Waals surface area contributed by atoms with Crippen molar-refractivity contribution in [3.63, 3.8) is 0 Å². The Bertz CT molecular complexity index is 288. The van der Waals surface area contributed by atoms with Gasteiger partial charge in [0.25, 0.3) is 0 Å². The van der Waals surface area contributed by atoms with E-state index in [0.29, 0.717) is 12.6 Å². The fraction of sp³-hybridized carbons (Fsp3) is 0.786. The summed E-state index contributed by atoms with van der Waals surface area (Å²) in [6.07, 6.45) is 13.1. The molecule has 2 aliphatic rings. The molecule has 2 atom stereocenters. The number of ether oxygens (including phenoxy) is 1. The van der Waals surface area contributed by atoms with Gasteiger partial charge in [-0.05, 0) is 6.42 Å². The van der Waals surface area contributed by atoms with Crippen LogP contribution in [0.3, 0.4) is 0 Å². The highest BCUT2D eigenvalue weighted by Gasteiger charge is 2.38. The quantitative estimate of drug-likeness (QED) is 0.501. The van der Waals surface area contributed by atoms with Gasteiger partial charge < -0.3 is 4.74 Å². The van der Waals surface area contributed by atoms with Crippen molar-refractivity contribution in [3.05, 3.63) is 12.2 Å². The van der Waals surface area contributed by atoms with Crippen molar-refractivity contribution in [1.29, 1.82) is 0 Å². The standard InChI is InChI=1S/C14H23NO2/c1-2-3-4-5-6-7-8-12-9-10-13-11-17-14(16)15(12)13/h9-10,12-13H,2-8,11H2,1H3/t12-,13+/m0/s1. The Morgan fingerprint density at radius 3 is 2.82 bits per heavy atom. The van der Waals surface area contributed by atoms with Crippen molar-refractivity contribution < 1.29 is 9.53 Å². The third kappa shape index (κ3) is 3.02. The molecule has 1 amide bonds. The predicted octanol–water partition coefficient (Wildman–Crippen LogP) is 3.50. The van der Waals surface area contributed by atoms with Crippen LogP contribution in [0, 0.1) is 0 Å². The number of rotatable bonds is 7. The number of unbranched alkanes of at least 4 members (excludes halogenated alkanes) is 5. The van der Waals surface area contributed by atoms with Crippen molar-refractivity contribution in [2.75, 3.05) is 6.61 Å². The smallest absolute Gasteiger partial charge is 0.410 e. The molecular weight excluding hydrogens is 214 g/mol. The Labute approximate surface area is 104 Å². The molecule has 0 aromatic carbocycles. The Morgan fingerprint density at radius 2 is 2.00 bits per heavy atom. The van der Waals surface area contributed by atoms with Crippen molar-refractivity contribution in [2.24, 2.45) is 0 Å². The van der Waals surface area contributed by atoms with Gasteiger partial charge in [0.15, 0.2) is 0 Å². The number of amides is 1. The highest BCUT2D eigenvalue weighted by Crippen LogP contribution is 2.27. The molecule has 2 aliphatic heterocycles. The van der Waals surface area contributed by atoms with Crippen LogP contribution in [-0.2, 0) is 4.74 Å². The van der Waals surface area contributed by atoms with E-state index < -0.39 is 0 Å². The van der Waals surface area contributed by atoms with E-state index in [1.165, 1.54) is 38.5 Å². The van der Waals surface area contributed by atoms with E-state index in [1.807, 2.05) is 4.90 Å². The van der Waals surface area contributed by atoms with E-state index >= 15 is 0 Å². The molecule has 0 N–H and O–H groups in total. The van der Waals surface area contributed by atoms with E-state index in [-0.39, 0.29) is 12.1 Å². The van der Waals surface area contributed by atoms with Gasteiger partial charge >= 0.3 is 6.09 Å². The third-order valence-electron chi connectivity index (χ3n) is 3.71. The molecule has 0 unspecified atom stereocenters. The van der Waals surface area contributed by atoms with Gasteiger partial charge in [0.2, 0.25) is 0 Å². The molecule has 3 nitrogen and oxygen atoms in total. The van der Waals surface area contributed by atoms with Gasteiger partial charge in [-0.15, -0.1) is 0 Å². The number of cyclic esters (lactones) is 1. The van der Waals surface area contributed by atoms with E-state index in [1.54, 1.807) is 0 Å². The molecule has 0 saturated carbocycles. The summed E-state index contributed by atoms with van der Waals surface area (Å²) in [5.41, 5.74) is 0. The summed E-state index contributed by atoms with van der Waals surface area (Å²) in [5, 5.41) is 0. The second kappa shape index (κ2) is 6.08. The maximum atomic E-state index is 11.5. The summed E-state index contributed by atoms with van der Waals surface area (Å²) < 4.78 is 5.05. The minimum Gasteiger partial charge on any atom is -0.447 e. The van der Waals surface area contributed by atoms with Gasteiger partial charge in [-0.1, -0.05) is 57.6 Å². The van der Waals surface area contributed by atoms with Crippen LogP contribution in [0.4, 0.5) is 4.79 Å². The van der Waals surface area contributed by atoms with Crippen LogP contribution >= 0.6 is 0 Å². The average Bonchev–Trinajstić information content (AvgIpc) is 2.88. The minimum absolute atomic E-state index is 0.129. The molecule has 0 bridgehead atoms. The number of carbonyl (C=O) groups excluding carboxylic acids is 1. The van der Waals surface area contributed by atoms with E-state index in [0.717, 1.165) is 6.42 Å². The Hall–Kier alpha value is -0.990. The second-order valence-electron chi connectivity index (χ2n) is 5.06. The van der Waals surface area contributed by atoms with Crippen molar-refractivity contribution >= 4 is 6.09 Å². The maximum Gasteiger partial charge on any atom is 0.410 e. The lowest BCUT2D eigenvalue weighted by Gasteiger charge is -2.21. The molecule has 2 heterocycles. The monoisotopic (exact) mass is 237 g/mol. The Morgan fingerprint density at radius 1 is 1.24 bits per heavy atom. The third-order valence-corrected chi connectivity index (χ3v) is 3.71. The molecule has 0 aliphatic carbocycles. The molecule has 3 heteroatoms. The van der Waals surface area contributed by atoms with Crippen LogP contribution in [0.2, 0.25) is 0 Å². The highest BCUT2D eigenvalue weighted by molar-refractivity contribution is 5.72. The normalized spacial score (nSPS) is 26.4. The Balaban J connectivity index is 1.63. The zero-order valence-corrected chi connectivity index (χ0v) is 10.7. The topological polar surface area (TPSA) is 29.5 Å².